The first-order chi connectivity index (χ1) is 17.9. The molecule has 1 N–H and O–H groups in total. The van der Waals surface area contributed by atoms with Gasteiger partial charge in [-0.25, -0.2) is 14.2 Å². The van der Waals surface area contributed by atoms with Crippen LogP contribution in [0.25, 0.3) is 16.6 Å². The Morgan fingerprint density at radius 3 is 2.43 bits per heavy atom. The third-order valence-corrected chi connectivity index (χ3v) is 7.02. The fourth-order valence-electron chi connectivity index (χ4n) is 4.44. The molecule has 0 radical (unpaired) electrons. The first-order valence-electron chi connectivity index (χ1n) is 12.5. The maximum absolute atomic E-state index is 13.8. The molecular formula is C29H30BrFN4O2. The summed E-state index contributed by atoms with van der Waals surface area (Å²) in [5.41, 5.74) is 1.45. The van der Waals surface area contributed by atoms with Gasteiger partial charge in [0.25, 0.3) is 5.56 Å². The van der Waals surface area contributed by atoms with E-state index in [0.717, 1.165) is 23.7 Å². The predicted octanol–water partition coefficient (Wildman–Crippen LogP) is 7.46. The van der Waals surface area contributed by atoms with Crippen molar-refractivity contribution in [3.05, 3.63) is 99.3 Å². The van der Waals surface area contributed by atoms with Gasteiger partial charge in [-0.05, 0) is 77.3 Å². The summed E-state index contributed by atoms with van der Waals surface area (Å²) in [5, 5.41) is 3.47. The molecule has 3 aromatic carbocycles. The molecule has 8 heteroatoms. The molecular weight excluding hydrogens is 535 g/mol. The van der Waals surface area contributed by atoms with Gasteiger partial charge in [0, 0.05) is 11.0 Å². The second-order valence-electron chi connectivity index (χ2n) is 8.84. The number of carbonyl (C=O) groups is 1. The number of urea groups is 1. The van der Waals surface area contributed by atoms with Crippen LogP contribution in [0.4, 0.5) is 14.9 Å². The first kappa shape index (κ1) is 26.5. The van der Waals surface area contributed by atoms with Crippen molar-refractivity contribution in [2.24, 2.45) is 0 Å². The Balaban J connectivity index is 1.86. The lowest BCUT2D eigenvalue weighted by atomic mass is 10.1. The molecule has 0 saturated carbocycles. The fourth-order valence-corrected chi connectivity index (χ4v) is 4.82. The van der Waals surface area contributed by atoms with Crippen molar-refractivity contribution in [1.82, 2.24) is 14.5 Å². The van der Waals surface area contributed by atoms with Gasteiger partial charge >= 0.3 is 6.03 Å². The smallest absolute Gasteiger partial charge is 0.314 e. The molecule has 192 valence electrons. The van der Waals surface area contributed by atoms with Crippen LogP contribution < -0.4 is 10.9 Å². The summed E-state index contributed by atoms with van der Waals surface area (Å²) in [6.45, 7) is 4.58. The average Bonchev–Trinajstić information content (AvgIpc) is 2.90. The van der Waals surface area contributed by atoms with Crippen molar-refractivity contribution in [1.29, 1.82) is 0 Å². The van der Waals surface area contributed by atoms with E-state index in [-0.39, 0.29) is 11.6 Å². The number of nitrogens with one attached hydrogen (secondary N) is 1. The second kappa shape index (κ2) is 12.1. The van der Waals surface area contributed by atoms with E-state index in [4.69, 9.17) is 4.98 Å². The van der Waals surface area contributed by atoms with Crippen LogP contribution in [0.15, 0.2) is 82.1 Å². The zero-order chi connectivity index (χ0) is 26.4. The normalized spacial score (nSPS) is 11.9. The lowest BCUT2D eigenvalue weighted by molar-refractivity contribution is 0.179. The highest BCUT2D eigenvalue weighted by Gasteiger charge is 2.29. The van der Waals surface area contributed by atoms with Crippen LogP contribution in [0.2, 0.25) is 0 Å². The van der Waals surface area contributed by atoms with Crippen molar-refractivity contribution >= 4 is 38.6 Å². The summed E-state index contributed by atoms with van der Waals surface area (Å²) in [6, 6.07) is 19.6. The van der Waals surface area contributed by atoms with Gasteiger partial charge in [0.2, 0.25) is 0 Å². The zero-order valence-corrected chi connectivity index (χ0v) is 22.5. The highest BCUT2D eigenvalue weighted by atomic mass is 79.9. The minimum Gasteiger partial charge on any atom is -0.314 e. The van der Waals surface area contributed by atoms with E-state index >= 15 is 0 Å². The number of anilines is 1. The van der Waals surface area contributed by atoms with Crippen LogP contribution >= 0.6 is 15.9 Å². The summed E-state index contributed by atoms with van der Waals surface area (Å²) in [5.74, 6) is 0.0460. The summed E-state index contributed by atoms with van der Waals surface area (Å²) in [4.78, 5) is 34.1. The van der Waals surface area contributed by atoms with Gasteiger partial charge in [-0.3, -0.25) is 9.36 Å². The molecule has 1 heterocycles. The Morgan fingerprint density at radius 1 is 1.03 bits per heavy atom. The van der Waals surface area contributed by atoms with Crippen LogP contribution in [0.5, 0.6) is 0 Å². The maximum Gasteiger partial charge on any atom is 0.322 e. The summed E-state index contributed by atoms with van der Waals surface area (Å²) < 4.78 is 16.0. The van der Waals surface area contributed by atoms with Gasteiger partial charge in [-0.1, -0.05) is 51.0 Å². The van der Waals surface area contributed by atoms with E-state index in [1.165, 1.54) is 16.7 Å². The molecule has 0 bridgehead atoms. The Bertz CT molecular complexity index is 1440. The quantitative estimate of drug-likeness (QED) is 0.214. The fraction of sp³-hybridized carbons (Fsp3) is 0.276. The van der Waals surface area contributed by atoms with Crippen molar-refractivity contribution in [3.8, 4) is 5.69 Å². The molecule has 4 aromatic rings. The molecule has 0 fully saturated rings. The Morgan fingerprint density at radius 2 is 1.73 bits per heavy atom. The van der Waals surface area contributed by atoms with Crippen LogP contribution in [0, 0.1) is 5.82 Å². The molecule has 1 unspecified atom stereocenters. The number of hydrogen-bond donors (Lipinski definition) is 1. The number of benzene rings is 3. The van der Waals surface area contributed by atoms with Gasteiger partial charge in [0.15, 0.2) is 0 Å². The van der Waals surface area contributed by atoms with E-state index in [2.05, 4.69) is 28.2 Å². The first-order valence-corrected chi connectivity index (χ1v) is 13.3. The van der Waals surface area contributed by atoms with Gasteiger partial charge < -0.3 is 10.2 Å². The summed E-state index contributed by atoms with van der Waals surface area (Å²) in [7, 11) is 0. The molecule has 0 aliphatic rings. The third-order valence-electron chi connectivity index (χ3n) is 6.33. The summed E-state index contributed by atoms with van der Waals surface area (Å²) >= 11 is 3.50. The Labute approximate surface area is 224 Å². The van der Waals surface area contributed by atoms with Crippen LogP contribution in [0.3, 0.4) is 0 Å². The molecule has 1 aromatic heterocycles. The minimum absolute atomic E-state index is 0.259. The number of nitrogens with zero attached hydrogens (tertiary/aromatic N) is 3. The predicted molar refractivity (Wildman–Crippen MR) is 150 cm³/mol. The van der Waals surface area contributed by atoms with Gasteiger partial charge in [0.05, 0.1) is 28.3 Å². The van der Waals surface area contributed by atoms with Crippen molar-refractivity contribution < 1.29 is 9.18 Å². The largest absolute Gasteiger partial charge is 0.322 e. The number of unbranched alkanes of at least 4 members (excludes halogenated alkanes) is 2. The number of fused-ring (bicyclic) bond motifs is 1. The van der Waals surface area contributed by atoms with Crippen molar-refractivity contribution in [2.75, 3.05) is 11.9 Å². The minimum atomic E-state index is -0.498. The van der Waals surface area contributed by atoms with Crippen LogP contribution in [0.1, 0.15) is 51.4 Å². The molecule has 0 aliphatic carbocycles. The number of carbonyl (C=O) groups excluding carboxylic acids is 1. The number of aromatic nitrogens is 2. The van der Waals surface area contributed by atoms with Gasteiger partial charge in [-0.15, -0.1) is 0 Å². The number of halogens is 2. The average molecular weight is 565 g/mol. The van der Waals surface area contributed by atoms with Gasteiger partial charge in [0.1, 0.15) is 11.6 Å². The Kier molecular flexibility index (Phi) is 8.71. The third kappa shape index (κ3) is 5.91. The topological polar surface area (TPSA) is 67.2 Å². The van der Waals surface area contributed by atoms with E-state index < -0.39 is 11.9 Å². The van der Waals surface area contributed by atoms with Gasteiger partial charge in [-0.2, -0.15) is 0 Å². The van der Waals surface area contributed by atoms with Crippen LogP contribution in [-0.4, -0.2) is 27.0 Å². The number of amides is 2. The van der Waals surface area contributed by atoms with E-state index in [1.807, 2.05) is 37.3 Å². The Hall–Kier alpha value is -3.52. The number of para-hydroxylation sites is 2. The molecule has 37 heavy (non-hydrogen) atoms. The summed E-state index contributed by atoms with van der Waals surface area (Å²) in [6.07, 6.45) is 3.31. The molecule has 6 nitrogen and oxygen atoms in total. The molecule has 0 aliphatic heterocycles. The standard InChI is InChI=1S/C29H30BrFN4O2/c1-3-5-10-19-34(29(37)33-25-14-9-7-12-23(25)30)26(4-2)27-32-24-13-8-6-11-22(24)28(36)35(27)21-17-15-20(31)16-18-21/h6-9,11-18,26H,3-5,10,19H2,1-2H3,(H,33,37). The van der Waals surface area contributed by atoms with E-state index in [1.54, 1.807) is 35.2 Å². The van der Waals surface area contributed by atoms with Crippen LogP contribution in [-0.2, 0) is 0 Å². The number of hydrogen-bond acceptors (Lipinski definition) is 3. The molecule has 2 amide bonds. The lowest BCUT2D eigenvalue weighted by Gasteiger charge is -2.32. The SMILES string of the molecule is CCCCCN(C(=O)Nc1ccccc1Br)C(CC)c1nc2ccccc2c(=O)n1-c1ccc(F)cc1. The van der Waals surface area contributed by atoms with E-state index in [9.17, 15) is 14.0 Å². The highest BCUT2D eigenvalue weighted by molar-refractivity contribution is 9.10. The van der Waals surface area contributed by atoms with Crippen molar-refractivity contribution in [3.63, 3.8) is 0 Å². The molecule has 4 rings (SSSR count). The zero-order valence-electron chi connectivity index (χ0n) is 21.0. The molecule has 0 saturated heterocycles. The maximum atomic E-state index is 13.8. The van der Waals surface area contributed by atoms with Crippen molar-refractivity contribution in [2.45, 2.75) is 45.6 Å². The lowest BCUT2D eigenvalue weighted by Crippen LogP contribution is -2.41. The molecule has 1 atom stereocenters. The number of rotatable bonds is 9. The molecule has 0 spiro atoms. The van der Waals surface area contributed by atoms with E-state index in [0.29, 0.717) is 41.1 Å². The monoisotopic (exact) mass is 564 g/mol. The highest BCUT2D eigenvalue weighted by Crippen LogP contribution is 2.29. The second-order valence-corrected chi connectivity index (χ2v) is 9.69.